The summed E-state index contributed by atoms with van der Waals surface area (Å²) in [6, 6.07) is -0.120. The predicted molar refractivity (Wildman–Crippen MR) is 82.1 cm³/mol. The van der Waals surface area contributed by atoms with E-state index in [1.807, 2.05) is 27.7 Å². The van der Waals surface area contributed by atoms with Gasteiger partial charge in [0.25, 0.3) is 0 Å². The van der Waals surface area contributed by atoms with E-state index in [0.29, 0.717) is 6.54 Å². The van der Waals surface area contributed by atoms with Gasteiger partial charge in [-0.15, -0.1) is 0 Å². The molecule has 114 valence electrons. The van der Waals surface area contributed by atoms with E-state index < -0.39 is 0 Å². The van der Waals surface area contributed by atoms with Crippen LogP contribution in [0.1, 0.15) is 54.9 Å². The van der Waals surface area contributed by atoms with E-state index in [-0.39, 0.29) is 22.9 Å². The fourth-order valence-electron chi connectivity index (χ4n) is 1.95. The Hall–Kier alpha value is -0.610. The number of nitrogens with zero attached hydrogens (tertiary/aromatic N) is 1. The molecule has 0 radical (unpaired) electrons. The Kier molecular flexibility index (Phi) is 7.01. The SMILES string of the molecule is CCCN(CC(C)(C)CN)C(C)C(=O)NC(C)(C)C. The van der Waals surface area contributed by atoms with Crippen LogP contribution in [0.25, 0.3) is 0 Å². The molecule has 1 unspecified atom stereocenters. The Bertz CT molecular complexity index is 282. The van der Waals surface area contributed by atoms with Gasteiger partial charge in [-0.05, 0) is 52.6 Å². The monoisotopic (exact) mass is 271 g/mol. The third-order valence-corrected chi connectivity index (χ3v) is 3.12. The molecule has 0 saturated heterocycles. The number of hydrogen-bond donors (Lipinski definition) is 2. The molecule has 3 N–H and O–H groups in total. The quantitative estimate of drug-likeness (QED) is 0.744. The first kappa shape index (κ1) is 18.4. The molecule has 0 bridgehead atoms. The van der Waals surface area contributed by atoms with E-state index in [9.17, 15) is 4.79 Å². The number of amides is 1. The van der Waals surface area contributed by atoms with Crippen LogP contribution < -0.4 is 11.1 Å². The molecule has 19 heavy (non-hydrogen) atoms. The molecule has 0 spiro atoms. The smallest absolute Gasteiger partial charge is 0.237 e. The van der Waals surface area contributed by atoms with E-state index >= 15 is 0 Å². The number of rotatable bonds is 7. The van der Waals surface area contributed by atoms with Gasteiger partial charge in [-0.3, -0.25) is 9.69 Å². The molecule has 0 aromatic carbocycles. The van der Waals surface area contributed by atoms with Crippen molar-refractivity contribution in [3.63, 3.8) is 0 Å². The summed E-state index contributed by atoms with van der Waals surface area (Å²) in [5, 5.41) is 3.05. The second kappa shape index (κ2) is 7.25. The van der Waals surface area contributed by atoms with Crippen molar-refractivity contribution in [3.05, 3.63) is 0 Å². The van der Waals surface area contributed by atoms with Crippen molar-refractivity contribution in [1.29, 1.82) is 0 Å². The van der Waals surface area contributed by atoms with Gasteiger partial charge in [-0.1, -0.05) is 20.8 Å². The fourth-order valence-corrected chi connectivity index (χ4v) is 1.95. The summed E-state index contributed by atoms with van der Waals surface area (Å²) in [7, 11) is 0. The highest BCUT2D eigenvalue weighted by Crippen LogP contribution is 2.17. The molecular formula is C15H33N3O. The minimum absolute atomic E-state index is 0.0332. The Balaban J connectivity index is 4.74. The van der Waals surface area contributed by atoms with Gasteiger partial charge in [-0.2, -0.15) is 0 Å². The Labute approximate surface area is 119 Å². The average molecular weight is 271 g/mol. The van der Waals surface area contributed by atoms with Crippen LogP contribution in [0.2, 0.25) is 0 Å². The molecule has 0 heterocycles. The standard InChI is InChI=1S/C15H33N3O/c1-8-9-18(11-15(6,7)10-16)12(2)13(19)17-14(3,4)5/h12H,8-11,16H2,1-7H3,(H,17,19). The number of nitrogens with two attached hydrogens (primary N) is 1. The predicted octanol–water partition coefficient (Wildman–Crippen LogP) is 1.99. The third kappa shape index (κ3) is 7.53. The molecule has 4 nitrogen and oxygen atoms in total. The fraction of sp³-hybridized carbons (Fsp3) is 0.933. The second-order valence-corrected chi connectivity index (χ2v) is 7.25. The maximum Gasteiger partial charge on any atom is 0.237 e. The van der Waals surface area contributed by atoms with Crippen LogP contribution >= 0.6 is 0 Å². The first-order valence-corrected chi connectivity index (χ1v) is 7.28. The zero-order valence-corrected chi connectivity index (χ0v) is 13.8. The first-order chi connectivity index (χ1) is 8.52. The Morgan fingerprint density at radius 2 is 1.79 bits per heavy atom. The van der Waals surface area contributed by atoms with Crippen LogP contribution in [-0.4, -0.2) is 42.0 Å². The lowest BCUT2D eigenvalue weighted by atomic mass is 9.92. The summed E-state index contributed by atoms with van der Waals surface area (Å²) in [6.45, 7) is 16.8. The molecule has 0 aromatic heterocycles. The van der Waals surface area contributed by atoms with E-state index in [1.54, 1.807) is 0 Å². The van der Waals surface area contributed by atoms with Crippen molar-refractivity contribution >= 4 is 5.91 Å². The molecule has 0 aliphatic heterocycles. The van der Waals surface area contributed by atoms with Crippen LogP contribution in [0.3, 0.4) is 0 Å². The van der Waals surface area contributed by atoms with Gasteiger partial charge in [0.1, 0.15) is 0 Å². The zero-order valence-electron chi connectivity index (χ0n) is 13.8. The van der Waals surface area contributed by atoms with Crippen molar-refractivity contribution in [2.75, 3.05) is 19.6 Å². The molecule has 1 atom stereocenters. The molecule has 1 amide bonds. The zero-order chi connectivity index (χ0) is 15.3. The van der Waals surface area contributed by atoms with Crippen molar-refractivity contribution in [2.24, 2.45) is 11.1 Å². The molecule has 0 aliphatic carbocycles. The van der Waals surface area contributed by atoms with Crippen molar-refractivity contribution < 1.29 is 4.79 Å². The number of nitrogens with one attached hydrogen (secondary N) is 1. The third-order valence-electron chi connectivity index (χ3n) is 3.12. The van der Waals surface area contributed by atoms with Crippen LogP contribution in [0.15, 0.2) is 0 Å². The summed E-state index contributed by atoms with van der Waals surface area (Å²) in [5.41, 5.74) is 5.65. The topological polar surface area (TPSA) is 58.4 Å². The van der Waals surface area contributed by atoms with Crippen LogP contribution in [0.5, 0.6) is 0 Å². The lowest BCUT2D eigenvalue weighted by Gasteiger charge is -2.36. The molecular weight excluding hydrogens is 238 g/mol. The van der Waals surface area contributed by atoms with Crippen LogP contribution in [0.4, 0.5) is 0 Å². The second-order valence-electron chi connectivity index (χ2n) is 7.25. The van der Waals surface area contributed by atoms with Crippen molar-refractivity contribution in [2.45, 2.75) is 66.5 Å². The van der Waals surface area contributed by atoms with Gasteiger partial charge in [0.15, 0.2) is 0 Å². The normalized spacial score (nSPS) is 14.6. The van der Waals surface area contributed by atoms with Gasteiger partial charge in [0, 0.05) is 12.1 Å². The molecule has 0 rings (SSSR count). The summed E-state index contributed by atoms with van der Waals surface area (Å²) in [6.07, 6.45) is 1.04. The highest BCUT2D eigenvalue weighted by Gasteiger charge is 2.28. The Morgan fingerprint density at radius 3 is 2.16 bits per heavy atom. The largest absolute Gasteiger partial charge is 0.350 e. The number of hydrogen-bond acceptors (Lipinski definition) is 3. The lowest BCUT2D eigenvalue weighted by molar-refractivity contribution is -0.127. The minimum Gasteiger partial charge on any atom is -0.350 e. The van der Waals surface area contributed by atoms with Gasteiger partial charge in [-0.25, -0.2) is 0 Å². The average Bonchev–Trinajstić information content (AvgIpc) is 2.25. The van der Waals surface area contributed by atoms with Crippen LogP contribution in [0, 0.1) is 5.41 Å². The highest BCUT2D eigenvalue weighted by atomic mass is 16.2. The van der Waals surface area contributed by atoms with Gasteiger partial charge < -0.3 is 11.1 Å². The van der Waals surface area contributed by atoms with E-state index in [2.05, 4.69) is 31.0 Å². The van der Waals surface area contributed by atoms with Crippen molar-refractivity contribution in [1.82, 2.24) is 10.2 Å². The van der Waals surface area contributed by atoms with E-state index in [1.165, 1.54) is 0 Å². The van der Waals surface area contributed by atoms with Gasteiger partial charge >= 0.3 is 0 Å². The molecule has 0 saturated carbocycles. The maximum atomic E-state index is 12.3. The summed E-state index contributed by atoms with van der Waals surface area (Å²) in [5.74, 6) is 0.0915. The minimum atomic E-state index is -0.188. The van der Waals surface area contributed by atoms with E-state index in [0.717, 1.165) is 19.5 Å². The molecule has 0 fully saturated rings. The number of carbonyl (C=O) groups is 1. The van der Waals surface area contributed by atoms with Gasteiger partial charge in [0.05, 0.1) is 6.04 Å². The molecule has 0 aliphatic rings. The van der Waals surface area contributed by atoms with Crippen molar-refractivity contribution in [3.8, 4) is 0 Å². The summed E-state index contributed by atoms with van der Waals surface area (Å²) < 4.78 is 0. The van der Waals surface area contributed by atoms with E-state index in [4.69, 9.17) is 5.73 Å². The lowest BCUT2D eigenvalue weighted by Crippen LogP contribution is -2.53. The van der Waals surface area contributed by atoms with Crippen LogP contribution in [-0.2, 0) is 4.79 Å². The first-order valence-electron chi connectivity index (χ1n) is 7.28. The highest BCUT2D eigenvalue weighted by molar-refractivity contribution is 5.81. The summed E-state index contributed by atoms with van der Waals surface area (Å²) in [4.78, 5) is 14.5. The molecule has 0 aromatic rings. The molecule has 4 heteroatoms. The Morgan fingerprint density at radius 1 is 1.26 bits per heavy atom. The van der Waals surface area contributed by atoms with Gasteiger partial charge in [0.2, 0.25) is 5.91 Å². The maximum absolute atomic E-state index is 12.3. The summed E-state index contributed by atoms with van der Waals surface area (Å²) >= 11 is 0. The number of carbonyl (C=O) groups excluding carboxylic acids is 1.